The molecule has 1 amide bonds. The van der Waals surface area contributed by atoms with Gasteiger partial charge >= 0.3 is 0 Å². The molecule has 3 rings (SSSR count). The predicted octanol–water partition coefficient (Wildman–Crippen LogP) is 2.45. The second-order valence-corrected chi connectivity index (χ2v) is 6.67. The molecule has 0 radical (unpaired) electrons. The van der Waals surface area contributed by atoms with E-state index >= 15 is 0 Å². The first-order valence-corrected chi connectivity index (χ1v) is 8.43. The fraction of sp³-hybridized carbons (Fsp3) is 0.474. The molecule has 128 valence electrons. The Morgan fingerprint density at radius 3 is 2.92 bits per heavy atom. The van der Waals surface area contributed by atoms with Crippen LogP contribution in [0.2, 0.25) is 0 Å². The van der Waals surface area contributed by atoms with Gasteiger partial charge in [0.2, 0.25) is 0 Å². The summed E-state index contributed by atoms with van der Waals surface area (Å²) in [6.07, 6.45) is 5.42. The largest absolute Gasteiger partial charge is 0.381 e. The highest BCUT2D eigenvalue weighted by Crippen LogP contribution is 2.25. The van der Waals surface area contributed by atoms with Crippen LogP contribution in [0.25, 0.3) is 0 Å². The van der Waals surface area contributed by atoms with Gasteiger partial charge in [0, 0.05) is 39.4 Å². The van der Waals surface area contributed by atoms with Gasteiger partial charge in [-0.05, 0) is 25.3 Å². The van der Waals surface area contributed by atoms with Crippen LogP contribution in [0.1, 0.15) is 27.9 Å². The van der Waals surface area contributed by atoms with Crippen molar-refractivity contribution < 1.29 is 9.53 Å². The van der Waals surface area contributed by atoms with Crippen molar-refractivity contribution in [1.29, 1.82) is 0 Å². The first-order valence-electron chi connectivity index (χ1n) is 8.43. The SMILES string of the molecule is CO[C@@H]1CCN(C(=O)c2cnn(C)c2)C[C@H]1Cc1cccc(C)c1. The molecule has 2 atom stereocenters. The smallest absolute Gasteiger partial charge is 0.257 e. The van der Waals surface area contributed by atoms with Gasteiger partial charge in [-0.2, -0.15) is 5.10 Å². The Morgan fingerprint density at radius 2 is 2.25 bits per heavy atom. The van der Waals surface area contributed by atoms with E-state index in [-0.39, 0.29) is 12.0 Å². The fourth-order valence-corrected chi connectivity index (χ4v) is 3.56. The van der Waals surface area contributed by atoms with Gasteiger partial charge in [-0.15, -0.1) is 0 Å². The second-order valence-electron chi connectivity index (χ2n) is 6.67. The molecule has 0 unspecified atom stereocenters. The van der Waals surface area contributed by atoms with E-state index in [0.717, 1.165) is 25.9 Å². The molecule has 0 saturated carbocycles. The number of likely N-dealkylation sites (tertiary alicyclic amines) is 1. The third kappa shape index (κ3) is 3.67. The van der Waals surface area contributed by atoms with Crippen LogP contribution in [0, 0.1) is 12.8 Å². The Kier molecular flexibility index (Phi) is 5.00. The standard InChI is InChI=1S/C19H25N3O2/c1-14-5-4-6-15(9-14)10-16-13-22(8-7-18(16)24-3)19(23)17-11-20-21(2)12-17/h4-6,9,11-12,16,18H,7-8,10,13H2,1-3H3/t16-,18-/m1/s1. The number of benzene rings is 1. The van der Waals surface area contributed by atoms with Crippen molar-refractivity contribution in [3.8, 4) is 0 Å². The molecule has 1 fully saturated rings. The van der Waals surface area contributed by atoms with Gasteiger partial charge in [-0.1, -0.05) is 29.8 Å². The summed E-state index contributed by atoms with van der Waals surface area (Å²) >= 11 is 0. The molecule has 24 heavy (non-hydrogen) atoms. The van der Waals surface area contributed by atoms with Gasteiger partial charge in [0.25, 0.3) is 5.91 Å². The van der Waals surface area contributed by atoms with Crippen molar-refractivity contribution in [2.24, 2.45) is 13.0 Å². The summed E-state index contributed by atoms with van der Waals surface area (Å²) in [7, 11) is 3.60. The van der Waals surface area contributed by atoms with Crippen molar-refractivity contribution in [1.82, 2.24) is 14.7 Å². The summed E-state index contributed by atoms with van der Waals surface area (Å²) in [5.41, 5.74) is 3.22. The van der Waals surface area contributed by atoms with Crippen LogP contribution in [-0.2, 0) is 18.2 Å². The Morgan fingerprint density at radius 1 is 1.42 bits per heavy atom. The maximum absolute atomic E-state index is 12.7. The van der Waals surface area contributed by atoms with Gasteiger partial charge < -0.3 is 9.64 Å². The second kappa shape index (κ2) is 7.18. The summed E-state index contributed by atoms with van der Waals surface area (Å²) in [5, 5.41) is 4.10. The first kappa shape index (κ1) is 16.7. The van der Waals surface area contributed by atoms with Crippen molar-refractivity contribution in [2.75, 3.05) is 20.2 Å². The van der Waals surface area contributed by atoms with Crippen LogP contribution in [0.15, 0.2) is 36.7 Å². The lowest BCUT2D eigenvalue weighted by atomic mass is 9.88. The number of nitrogens with zero attached hydrogens (tertiary/aromatic N) is 3. The number of methoxy groups -OCH3 is 1. The van der Waals surface area contributed by atoms with Crippen molar-refractivity contribution in [3.63, 3.8) is 0 Å². The van der Waals surface area contributed by atoms with Crippen molar-refractivity contribution >= 4 is 5.91 Å². The normalized spacial score (nSPS) is 21.0. The van der Waals surface area contributed by atoms with Gasteiger partial charge in [0.1, 0.15) is 0 Å². The molecule has 5 heteroatoms. The minimum atomic E-state index is 0.0619. The molecule has 0 aliphatic carbocycles. The molecule has 1 saturated heterocycles. The van der Waals surface area contributed by atoms with Crippen LogP contribution in [-0.4, -0.2) is 46.9 Å². The monoisotopic (exact) mass is 327 g/mol. The maximum atomic E-state index is 12.7. The lowest BCUT2D eigenvalue weighted by molar-refractivity contribution is -0.00300. The molecule has 2 heterocycles. The van der Waals surface area contributed by atoms with Gasteiger partial charge in [-0.25, -0.2) is 0 Å². The van der Waals surface area contributed by atoms with Crippen LogP contribution in [0.4, 0.5) is 0 Å². The topological polar surface area (TPSA) is 47.4 Å². The third-order valence-corrected chi connectivity index (χ3v) is 4.79. The molecule has 1 aliphatic rings. The van der Waals surface area contributed by atoms with E-state index in [0.29, 0.717) is 11.5 Å². The Labute approximate surface area is 143 Å². The van der Waals surface area contributed by atoms with Gasteiger partial charge in [0.05, 0.1) is 17.9 Å². The first-order chi connectivity index (χ1) is 11.6. The summed E-state index contributed by atoms with van der Waals surface area (Å²) in [6, 6.07) is 8.57. The van der Waals surface area contributed by atoms with Gasteiger partial charge in [0.15, 0.2) is 0 Å². The van der Waals surface area contributed by atoms with Crippen molar-refractivity contribution in [3.05, 3.63) is 53.3 Å². The zero-order chi connectivity index (χ0) is 17.1. The minimum absolute atomic E-state index is 0.0619. The number of aryl methyl sites for hydroxylation is 2. The van der Waals surface area contributed by atoms with E-state index < -0.39 is 0 Å². The molecular formula is C19H25N3O2. The average molecular weight is 327 g/mol. The molecule has 0 spiro atoms. The zero-order valence-corrected chi connectivity index (χ0v) is 14.6. The number of carbonyl (C=O) groups excluding carboxylic acids is 1. The summed E-state index contributed by atoms with van der Waals surface area (Å²) < 4.78 is 7.36. The predicted molar refractivity (Wildman–Crippen MR) is 92.9 cm³/mol. The van der Waals surface area contributed by atoms with E-state index in [4.69, 9.17) is 4.74 Å². The highest BCUT2D eigenvalue weighted by Gasteiger charge is 2.32. The quantitative estimate of drug-likeness (QED) is 0.866. The summed E-state index contributed by atoms with van der Waals surface area (Å²) in [4.78, 5) is 14.6. The third-order valence-electron chi connectivity index (χ3n) is 4.79. The highest BCUT2D eigenvalue weighted by atomic mass is 16.5. The van der Waals surface area contributed by atoms with Crippen LogP contribution in [0.3, 0.4) is 0 Å². The minimum Gasteiger partial charge on any atom is -0.381 e. The van der Waals surface area contributed by atoms with E-state index in [9.17, 15) is 4.79 Å². The Balaban J connectivity index is 1.73. The molecule has 2 aromatic rings. The summed E-state index contributed by atoms with van der Waals surface area (Å²) in [6.45, 7) is 3.56. The Bertz CT molecular complexity index is 710. The van der Waals surface area contributed by atoms with E-state index in [2.05, 4.69) is 36.3 Å². The number of ether oxygens (including phenoxy) is 1. The van der Waals surface area contributed by atoms with E-state index in [1.165, 1.54) is 11.1 Å². The van der Waals surface area contributed by atoms with Crippen LogP contribution >= 0.6 is 0 Å². The lowest BCUT2D eigenvalue weighted by Gasteiger charge is -2.38. The number of amides is 1. The number of aromatic nitrogens is 2. The number of carbonyl (C=O) groups is 1. The summed E-state index contributed by atoms with van der Waals surface area (Å²) in [5.74, 6) is 0.373. The highest BCUT2D eigenvalue weighted by molar-refractivity contribution is 5.93. The molecule has 0 N–H and O–H groups in total. The molecule has 1 aromatic carbocycles. The van der Waals surface area contributed by atoms with Crippen LogP contribution < -0.4 is 0 Å². The van der Waals surface area contributed by atoms with E-state index in [1.54, 1.807) is 24.2 Å². The van der Waals surface area contributed by atoms with E-state index in [1.807, 2.05) is 11.9 Å². The average Bonchev–Trinajstić information content (AvgIpc) is 3.00. The number of hydrogen-bond donors (Lipinski definition) is 0. The maximum Gasteiger partial charge on any atom is 0.257 e. The zero-order valence-electron chi connectivity index (χ0n) is 14.6. The Hall–Kier alpha value is -2.14. The fourth-order valence-electron chi connectivity index (χ4n) is 3.56. The molecule has 1 aliphatic heterocycles. The van der Waals surface area contributed by atoms with Crippen LogP contribution in [0.5, 0.6) is 0 Å². The van der Waals surface area contributed by atoms with Crippen molar-refractivity contribution in [2.45, 2.75) is 25.9 Å². The number of rotatable bonds is 4. The molecular weight excluding hydrogens is 302 g/mol. The molecule has 5 nitrogen and oxygen atoms in total. The molecule has 1 aromatic heterocycles. The lowest BCUT2D eigenvalue weighted by Crippen LogP contribution is -2.47. The number of piperidine rings is 1. The van der Waals surface area contributed by atoms with Gasteiger partial charge in [-0.3, -0.25) is 9.48 Å². The molecule has 0 bridgehead atoms. The number of hydrogen-bond acceptors (Lipinski definition) is 3.